The third-order valence-electron chi connectivity index (χ3n) is 4.36. The summed E-state index contributed by atoms with van der Waals surface area (Å²) >= 11 is 1.27. The molecule has 0 amide bonds. The van der Waals surface area contributed by atoms with Crippen molar-refractivity contribution < 1.29 is 9.90 Å². The second-order valence-corrected chi connectivity index (χ2v) is 7.76. The second kappa shape index (κ2) is 4.76. The van der Waals surface area contributed by atoms with Gasteiger partial charge in [0.15, 0.2) is 5.16 Å². The quantitative estimate of drug-likeness (QED) is 0.865. The van der Waals surface area contributed by atoms with E-state index in [1.165, 1.54) is 31.0 Å². The first-order valence-corrected chi connectivity index (χ1v) is 8.18. The molecule has 0 saturated heterocycles. The van der Waals surface area contributed by atoms with Crippen molar-refractivity contribution in [3.05, 3.63) is 5.82 Å². The third-order valence-corrected chi connectivity index (χ3v) is 5.27. The number of aliphatic carboxylic acids is 1. The van der Waals surface area contributed by atoms with E-state index in [2.05, 4.69) is 35.5 Å². The van der Waals surface area contributed by atoms with Crippen molar-refractivity contribution in [2.24, 2.45) is 11.8 Å². The number of aromatic nitrogens is 3. The number of rotatable bonds is 4. The Morgan fingerprint density at radius 2 is 2.00 bits per heavy atom. The fraction of sp³-hybridized carbons (Fsp3) is 0.786. The highest BCUT2D eigenvalue weighted by molar-refractivity contribution is 7.99. The molecule has 0 spiro atoms. The van der Waals surface area contributed by atoms with Gasteiger partial charge in [-0.25, -0.2) is 0 Å². The summed E-state index contributed by atoms with van der Waals surface area (Å²) in [6, 6.07) is 0. The summed E-state index contributed by atoms with van der Waals surface area (Å²) in [5, 5.41) is 18.2. The van der Waals surface area contributed by atoms with Gasteiger partial charge in [0, 0.05) is 11.5 Å². The maximum Gasteiger partial charge on any atom is 0.313 e. The summed E-state index contributed by atoms with van der Waals surface area (Å²) in [4.78, 5) is 10.8. The van der Waals surface area contributed by atoms with E-state index >= 15 is 0 Å². The molecule has 1 aromatic rings. The minimum absolute atomic E-state index is 0.0335. The lowest BCUT2D eigenvalue weighted by Crippen LogP contribution is -2.25. The lowest BCUT2D eigenvalue weighted by molar-refractivity contribution is -0.133. The molecule has 1 aromatic heterocycles. The van der Waals surface area contributed by atoms with Gasteiger partial charge in [-0.15, -0.1) is 10.2 Å². The average Bonchev–Trinajstić information content (AvgIpc) is 2.78. The Kier molecular flexibility index (Phi) is 3.31. The number of nitrogens with zero attached hydrogens (tertiary/aromatic N) is 3. The van der Waals surface area contributed by atoms with Crippen LogP contribution in [-0.2, 0) is 10.3 Å². The van der Waals surface area contributed by atoms with E-state index in [1.807, 2.05) is 0 Å². The van der Waals surface area contributed by atoms with Crippen LogP contribution in [0.3, 0.4) is 0 Å². The van der Waals surface area contributed by atoms with Crippen LogP contribution in [0.5, 0.6) is 0 Å². The van der Waals surface area contributed by atoms with E-state index in [0.29, 0.717) is 5.92 Å². The van der Waals surface area contributed by atoms with E-state index in [1.54, 1.807) is 0 Å². The highest BCUT2D eigenvalue weighted by atomic mass is 32.2. The number of carboxylic acid groups (broad SMARTS) is 1. The van der Waals surface area contributed by atoms with Gasteiger partial charge in [-0.05, 0) is 45.4 Å². The highest BCUT2D eigenvalue weighted by Gasteiger charge is 2.56. The van der Waals surface area contributed by atoms with E-state index in [0.717, 1.165) is 22.8 Å². The lowest BCUT2D eigenvalue weighted by Gasteiger charge is -2.25. The van der Waals surface area contributed by atoms with Gasteiger partial charge >= 0.3 is 5.97 Å². The van der Waals surface area contributed by atoms with Gasteiger partial charge in [-0.2, -0.15) is 0 Å². The molecule has 3 rings (SSSR count). The van der Waals surface area contributed by atoms with Gasteiger partial charge in [0.25, 0.3) is 0 Å². The fourth-order valence-electron chi connectivity index (χ4n) is 3.55. The average molecular weight is 295 g/mol. The molecule has 6 heteroatoms. The molecule has 2 atom stereocenters. The number of carbonyl (C=O) groups is 1. The zero-order valence-electron chi connectivity index (χ0n) is 12.2. The van der Waals surface area contributed by atoms with E-state index in [9.17, 15) is 4.79 Å². The smallest absolute Gasteiger partial charge is 0.313 e. The van der Waals surface area contributed by atoms with Crippen LogP contribution >= 0.6 is 11.8 Å². The Hall–Kier alpha value is -1.04. The van der Waals surface area contributed by atoms with E-state index < -0.39 is 5.97 Å². The van der Waals surface area contributed by atoms with Crippen molar-refractivity contribution >= 4 is 17.7 Å². The minimum atomic E-state index is -0.816. The Morgan fingerprint density at radius 1 is 1.35 bits per heavy atom. The zero-order chi connectivity index (χ0) is 14.5. The Bertz CT molecular complexity index is 525. The fourth-order valence-corrected chi connectivity index (χ4v) is 4.40. The van der Waals surface area contributed by atoms with Gasteiger partial charge < -0.3 is 9.67 Å². The first-order chi connectivity index (χ1) is 9.39. The molecule has 5 nitrogen and oxygen atoms in total. The minimum Gasteiger partial charge on any atom is -0.481 e. The number of thioether (sulfide) groups is 1. The van der Waals surface area contributed by atoms with Gasteiger partial charge in [-0.1, -0.05) is 18.2 Å². The van der Waals surface area contributed by atoms with Crippen LogP contribution in [0.4, 0.5) is 0 Å². The van der Waals surface area contributed by atoms with Crippen LogP contribution in [-0.4, -0.2) is 31.6 Å². The summed E-state index contributed by atoms with van der Waals surface area (Å²) in [6.07, 6.45) is 3.96. The van der Waals surface area contributed by atoms with Gasteiger partial charge in [0.05, 0.1) is 5.75 Å². The Labute approximate surface area is 123 Å². The number of hydrogen-bond donors (Lipinski definition) is 1. The first-order valence-electron chi connectivity index (χ1n) is 7.20. The number of carboxylic acids is 1. The van der Waals surface area contributed by atoms with Gasteiger partial charge in [-0.3, -0.25) is 4.79 Å². The summed E-state index contributed by atoms with van der Waals surface area (Å²) < 4.78 is 2.16. The van der Waals surface area contributed by atoms with Crippen LogP contribution in [0.15, 0.2) is 5.16 Å². The maximum absolute atomic E-state index is 10.8. The molecule has 2 fully saturated rings. The predicted octanol–water partition coefficient (Wildman–Crippen LogP) is 2.72. The summed E-state index contributed by atoms with van der Waals surface area (Å²) in [6.45, 7) is 6.38. The Balaban J connectivity index is 1.88. The molecule has 0 radical (unpaired) electrons. The molecule has 0 bridgehead atoms. The zero-order valence-corrected chi connectivity index (χ0v) is 13.0. The normalized spacial score (nSPS) is 28.4. The standard InChI is InChI=1S/C14H21N3O2S/c1-14(2,3)17-12(11-8-5-4-6-9(8)11)15-16-13(17)20-7-10(18)19/h8-9,11H,4-7H2,1-3H3,(H,18,19). The van der Waals surface area contributed by atoms with Crippen LogP contribution in [0.25, 0.3) is 0 Å². The third kappa shape index (κ3) is 2.34. The molecule has 1 heterocycles. The van der Waals surface area contributed by atoms with Crippen molar-refractivity contribution in [3.8, 4) is 0 Å². The Morgan fingerprint density at radius 3 is 2.55 bits per heavy atom. The predicted molar refractivity (Wildman–Crippen MR) is 76.9 cm³/mol. The highest BCUT2D eigenvalue weighted by Crippen LogP contribution is 2.63. The summed E-state index contributed by atoms with van der Waals surface area (Å²) in [5.74, 6) is 2.42. The molecule has 0 aromatic carbocycles. The summed E-state index contributed by atoms with van der Waals surface area (Å²) in [5.41, 5.74) is -0.115. The second-order valence-electron chi connectivity index (χ2n) is 6.81. The SMILES string of the molecule is CC(C)(C)n1c(SCC(=O)O)nnc1C1C2CCCC21. The molecule has 20 heavy (non-hydrogen) atoms. The van der Waals surface area contributed by atoms with Crippen LogP contribution < -0.4 is 0 Å². The lowest BCUT2D eigenvalue weighted by atomic mass is 10.1. The summed E-state index contributed by atoms with van der Waals surface area (Å²) in [7, 11) is 0. The van der Waals surface area contributed by atoms with Gasteiger partial charge in [0.2, 0.25) is 0 Å². The van der Waals surface area contributed by atoms with E-state index in [-0.39, 0.29) is 11.3 Å². The van der Waals surface area contributed by atoms with Crippen molar-refractivity contribution in [1.82, 2.24) is 14.8 Å². The largest absolute Gasteiger partial charge is 0.481 e. The molecule has 0 aliphatic heterocycles. The van der Waals surface area contributed by atoms with E-state index in [4.69, 9.17) is 5.11 Å². The van der Waals surface area contributed by atoms with Crippen LogP contribution in [0.2, 0.25) is 0 Å². The molecule has 2 aliphatic rings. The molecule has 110 valence electrons. The number of fused-ring (bicyclic) bond motifs is 1. The van der Waals surface area contributed by atoms with Gasteiger partial charge in [0.1, 0.15) is 5.82 Å². The molecule has 1 N–H and O–H groups in total. The molecule has 2 aliphatic carbocycles. The monoisotopic (exact) mass is 295 g/mol. The molecule has 2 saturated carbocycles. The van der Waals surface area contributed by atoms with Crippen molar-refractivity contribution in [1.29, 1.82) is 0 Å². The first kappa shape index (κ1) is 13.9. The van der Waals surface area contributed by atoms with Crippen LogP contribution in [0.1, 0.15) is 51.8 Å². The van der Waals surface area contributed by atoms with Crippen molar-refractivity contribution in [2.45, 2.75) is 56.6 Å². The van der Waals surface area contributed by atoms with Crippen molar-refractivity contribution in [3.63, 3.8) is 0 Å². The molecular formula is C14H21N3O2S. The van der Waals surface area contributed by atoms with Crippen LogP contribution in [0, 0.1) is 11.8 Å². The number of hydrogen-bond acceptors (Lipinski definition) is 4. The molecule has 2 unspecified atom stereocenters. The topological polar surface area (TPSA) is 68.0 Å². The van der Waals surface area contributed by atoms with Crippen molar-refractivity contribution in [2.75, 3.05) is 5.75 Å². The molecular weight excluding hydrogens is 274 g/mol. The maximum atomic E-state index is 10.8.